The van der Waals surface area contributed by atoms with E-state index in [1.165, 1.54) is 11.4 Å². The summed E-state index contributed by atoms with van der Waals surface area (Å²) < 4.78 is 25.7. The Balaban J connectivity index is 1.79. The molecule has 1 aromatic carbocycles. The van der Waals surface area contributed by atoms with E-state index in [1.54, 1.807) is 12.3 Å². The molecule has 2 aromatic rings. The number of hydrogen-bond acceptors (Lipinski definition) is 7. The summed E-state index contributed by atoms with van der Waals surface area (Å²) in [6, 6.07) is 7.54. The van der Waals surface area contributed by atoms with Gasteiger partial charge >= 0.3 is 0 Å². The van der Waals surface area contributed by atoms with Crippen molar-refractivity contribution in [2.75, 3.05) is 35.1 Å². The van der Waals surface area contributed by atoms with Gasteiger partial charge < -0.3 is 15.7 Å². The molecule has 0 amide bonds. The van der Waals surface area contributed by atoms with Crippen molar-refractivity contribution in [1.29, 1.82) is 5.26 Å². The van der Waals surface area contributed by atoms with E-state index in [-0.39, 0.29) is 23.1 Å². The number of rotatable bonds is 2. The van der Waals surface area contributed by atoms with Gasteiger partial charge in [0.2, 0.25) is 10.0 Å². The number of aromatic nitrogens is 1. The molecule has 2 unspecified atom stereocenters. The molecule has 4 rings (SSSR count). The zero-order chi connectivity index (χ0) is 20.9. The lowest BCUT2D eigenvalue weighted by molar-refractivity contribution is 0.120. The molecule has 0 radical (unpaired) electrons. The van der Waals surface area contributed by atoms with E-state index in [2.05, 4.69) is 11.1 Å². The van der Waals surface area contributed by atoms with Gasteiger partial charge in [-0.05, 0) is 29.7 Å². The van der Waals surface area contributed by atoms with Crippen LogP contribution in [0.15, 0.2) is 24.4 Å². The fourth-order valence-electron chi connectivity index (χ4n) is 3.92. The van der Waals surface area contributed by atoms with Gasteiger partial charge in [0.25, 0.3) is 0 Å². The van der Waals surface area contributed by atoms with E-state index in [9.17, 15) is 13.5 Å². The second-order valence-corrected chi connectivity index (χ2v) is 9.70. The SMILES string of the molecule is CN1c2ccc(-c3cnc(N)c(Cl)c3N3CCC(C#N)C(O)C3)cc2CS1(=O)=O. The summed E-state index contributed by atoms with van der Waals surface area (Å²) in [5.41, 5.74) is 9.37. The Morgan fingerprint density at radius 1 is 1.41 bits per heavy atom. The molecule has 0 aliphatic carbocycles. The molecule has 0 saturated carbocycles. The van der Waals surface area contributed by atoms with Crippen LogP contribution in [-0.2, 0) is 15.8 Å². The van der Waals surface area contributed by atoms with Crippen molar-refractivity contribution in [2.45, 2.75) is 18.3 Å². The highest BCUT2D eigenvalue weighted by Crippen LogP contribution is 2.43. The van der Waals surface area contributed by atoms with Crippen LogP contribution < -0.4 is 14.9 Å². The molecule has 0 bridgehead atoms. The molecule has 29 heavy (non-hydrogen) atoms. The van der Waals surface area contributed by atoms with Gasteiger partial charge in [0.1, 0.15) is 10.8 Å². The predicted octanol–water partition coefficient (Wildman–Crippen LogP) is 1.97. The lowest BCUT2D eigenvalue weighted by atomic mass is 9.94. The number of sulfonamides is 1. The van der Waals surface area contributed by atoms with E-state index < -0.39 is 22.0 Å². The van der Waals surface area contributed by atoms with Gasteiger partial charge in [0.15, 0.2) is 0 Å². The van der Waals surface area contributed by atoms with E-state index in [0.717, 1.165) is 5.56 Å². The van der Waals surface area contributed by atoms with Gasteiger partial charge in [-0.2, -0.15) is 5.26 Å². The van der Waals surface area contributed by atoms with Crippen LogP contribution in [-0.4, -0.2) is 44.7 Å². The van der Waals surface area contributed by atoms with Crippen LogP contribution in [0.1, 0.15) is 12.0 Å². The first-order valence-electron chi connectivity index (χ1n) is 9.09. The Morgan fingerprint density at radius 3 is 2.86 bits per heavy atom. The summed E-state index contributed by atoms with van der Waals surface area (Å²) in [6.07, 6.45) is 1.31. The number of nitrogen functional groups attached to an aromatic ring is 1. The van der Waals surface area contributed by atoms with E-state index in [1.807, 2.05) is 17.0 Å². The third-order valence-corrected chi connectivity index (χ3v) is 7.65. The first-order chi connectivity index (χ1) is 13.7. The van der Waals surface area contributed by atoms with Gasteiger partial charge in [0, 0.05) is 31.9 Å². The maximum atomic E-state index is 12.2. The third-order valence-electron chi connectivity index (χ3n) is 5.57. The molecule has 3 N–H and O–H groups in total. The van der Waals surface area contributed by atoms with Crippen molar-refractivity contribution in [3.63, 3.8) is 0 Å². The Hall–Kier alpha value is -2.54. The molecule has 2 aliphatic heterocycles. The standard InChI is InChI=1S/C19H20ClN5O3S/c1-24-15-3-2-11(6-13(15)10-29(24,27)28)14-8-23-19(22)17(20)18(14)25-5-4-12(7-21)16(26)9-25/h2-3,6,8,12,16,26H,4-5,9-10H2,1H3,(H2,22,23). The number of nitriles is 1. The van der Waals surface area contributed by atoms with Crippen molar-refractivity contribution in [3.8, 4) is 17.2 Å². The van der Waals surface area contributed by atoms with Gasteiger partial charge in [-0.25, -0.2) is 13.4 Å². The maximum Gasteiger partial charge on any atom is 0.239 e. The van der Waals surface area contributed by atoms with Crippen LogP contribution in [0.25, 0.3) is 11.1 Å². The highest BCUT2D eigenvalue weighted by atomic mass is 35.5. The number of fused-ring (bicyclic) bond motifs is 1. The minimum Gasteiger partial charge on any atom is -0.390 e. The number of nitrogens with two attached hydrogens (primary N) is 1. The van der Waals surface area contributed by atoms with Crippen molar-refractivity contribution in [2.24, 2.45) is 5.92 Å². The first kappa shape index (κ1) is 19.8. The lowest BCUT2D eigenvalue weighted by Gasteiger charge is -2.36. The topological polar surface area (TPSA) is 124 Å². The zero-order valence-corrected chi connectivity index (χ0v) is 17.3. The van der Waals surface area contributed by atoms with Crippen LogP contribution in [0.3, 0.4) is 0 Å². The molecule has 8 nitrogen and oxygen atoms in total. The number of aliphatic hydroxyl groups is 1. The zero-order valence-electron chi connectivity index (χ0n) is 15.7. The second-order valence-electron chi connectivity index (χ2n) is 7.32. The quantitative estimate of drug-likeness (QED) is 0.741. The molecule has 152 valence electrons. The number of β-amino-alcohol motifs (C(OH)–C–C–N with tert-alkyl or cyclic N) is 1. The van der Waals surface area contributed by atoms with Crippen molar-refractivity contribution >= 4 is 38.8 Å². The summed E-state index contributed by atoms with van der Waals surface area (Å²) >= 11 is 6.51. The van der Waals surface area contributed by atoms with Gasteiger partial charge in [0.05, 0.1) is 35.2 Å². The monoisotopic (exact) mass is 433 g/mol. The number of piperidine rings is 1. The highest BCUT2D eigenvalue weighted by Gasteiger charge is 2.32. The number of pyridine rings is 1. The van der Waals surface area contributed by atoms with Crippen LogP contribution in [0.4, 0.5) is 17.2 Å². The summed E-state index contributed by atoms with van der Waals surface area (Å²) in [5, 5.41) is 19.7. The number of nitrogens with zero attached hydrogens (tertiary/aromatic N) is 4. The number of anilines is 3. The third kappa shape index (κ3) is 3.27. The number of hydrogen-bond donors (Lipinski definition) is 2. The van der Waals surface area contributed by atoms with Gasteiger partial charge in [-0.3, -0.25) is 4.31 Å². The summed E-state index contributed by atoms with van der Waals surface area (Å²) in [5.74, 6) is -0.316. The average molecular weight is 434 g/mol. The summed E-state index contributed by atoms with van der Waals surface area (Å²) in [7, 11) is -1.81. The van der Waals surface area contributed by atoms with E-state index in [0.29, 0.717) is 35.5 Å². The second kappa shape index (κ2) is 7.06. The molecular formula is C19H20ClN5O3S. The number of aliphatic hydroxyl groups excluding tert-OH is 1. The fraction of sp³-hybridized carbons (Fsp3) is 0.368. The largest absolute Gasteiger partial charge is 0.390 e. The molecule has 1 fully saturated rings. The molecule has 3 heterocycles. The Labute approximate surface area is 174 Å². The molecule has 2 aliphatic rings. The predicted molar refractivity (Wildman–Crippen MR) is 112 cm³/mol. The molecule has 2 atom stereocenters. The van der Waals surface area contributed by atoms with Crippen LogP contribution in [0.5, 0.6) is 0 Å². The van der Waals surface area contributed by atoms with E-state index in [4.69, 9.17) is 22.6 Å². The van der Waals surface area contributed by atoms with Crippen molar-refractivity contribution < 1.29 is 13.5 Å². The molecule has 10 heteroatoms. The van der Waals surface area contributed by atoms with Crippen molar-refractivity contribution in [1.82, 2.24) is 4.98 Å². The number of halogens is 1. The summed E-state index contributed by atoms with van der Waals surface area (Å²) in [6.45, 7) is 0.782. The normalized spacial score (nSPS) is 23.0. The lowest BCUT2D eigenvalue weighted by Crippen LogP contribution is -2.43. The van der Waals surface area contributed by atoms with Gasteiger partial charge in [-0.15, -0.1) is 0 Å². The Kier molecular flexibility index (Phi) is 4.81. The minimum atomic E-state index is -3.35. The molecule has 1 aromatic heterocycles. The minimum absolute atomic E-state index is 0.0651. The highest BCUT2D eigenvalue weighted by molar-refractivity contribution is 7.92. The maximum absolute atomic E-state index is 12.2. The molecular weight excluding hydrogens is 414 g/mol. The van der Waals surface area contributed by atoms with Crippen LogP contribution >= 0.6 is 11.6 Å². The fourth-order valence-corrected chi connectivity index (χ4v) is 5.48. The first-order valence-corrected chi connectivity index (χ1v) is 11.1. The molecule has 1 saturated heterocycles. The van der Waals surface area contributed by atoms with Crippen LogP contribution in [0.2, 0.25) is 5.02 Å². The smallest absolute Gasteiger partial charge is 0.239 e. The van der Waals surface area contributed by atoms with Gasteiger partial charge in [-0.1, -0.05) is 17.7 Å². The van der Waals surface area contributed by atoms with Crippen LogP contribution in [0, 0.1) is 17.2 Å². The summed E-state index contributed by atoms with van der Waals surface area (Å²) in [4.78, 5) is 6.08. The Morgan fingerprint density at radius 2 is 2.17 bits per heavy atom. The number of benzene rings is 1. The van der Waals surface area contributed by atoms with E-state index >= 15 is 0 Å². The van der Waals surface area contributed by atoms with Crippen molar-refractivity contribution in [3.05, 3.63) is 35.0 Å². The Bertz CT molecular complexity index is 1130. The average Bonchev–Trinajstić information content (AvgIpc) is 2.91. The molecule has 0 spiro atoms.